The van der Waals surface area contributed by atoms with Crippen molar-refractivity contribution in [2.24, 2.45) is 0 Å². The summed E-state index contributed by atoms with van der Waals surface area (Å²) in [6, 6.07) is 14.1. The van der Waals surface area contributed by atoms with E-state index in [9.17, 15) is 9.90 Å². The first-order valence-electron chi connectivity index (χ1n) is 9.18. The summed E-state index contributed by atoms with van der Waals surface area (Å²) in [5.41, 5.74) is 1.19. The van der Waals surface area contributed by atoms with Crippen molar-refractivity contribution in [3.05, 3.63) is 58.3 Å². The van der Waals surface area contributed by atoms with Crippen molar-refractivity contribution in [1.82, 2.24) is 15.1 Å². The molecular weight excluding hydrogens is 346 g/mol. The molecule has 2 N–H and O–H groups in total. The zero-order valence-corrected chi connectivity index (χ0v) is 15.8. The molecule has 2 aromatic rings. The van der Waals surface area contributed by atoms with Crippen LogP contribution < -0.4 is 5.32 Å². The lowest BCUT2D eigenvalue weighted by molar-refractivity contribution is -0.132. The number of nitrogens with zero attached hydrogens (tertiary/aromatic N) is 2. The number of carbonyl (C=O) groups is 1. The largest absolute Gasteiger partial charge is 0.386 e. The molecule has 0 saturated carbocycles. The summed E-state index contributed by atoms with van der Waals surface area (Å²) in [6.07, 6.45) is -0.0303. The Balaban J connectivity index is 1.59. The van der Waals surface area contributed by atoms with Crippen LogP contribution in [-0.2, 0) is 11.3 Å². The molecule has 2 heterocycles. The molecule has 1 aromatic heterocycles. The van der Waals surface area contributed by atoms with Crippen LogP contribution in [0.3, 0.4) is 0 Å². The van der Waals surface area contributed by atoms with Crippen LogP contribution in [0, 0.1) is 0 Å². The summed E-state index contributed by atoms with van der Waals surface area (Å²) in [6.45, 7) is 5.24. The second-order valence-electron chi connectivity index (χ2n) is 6.63. The molecule has 1 fully saturated rings. The number of hydrogen-bond donors (Lipinski definition) is 2. The van der Waals surface area contributed by atoms with Crippen molar-refractivity contribution in [3.8, 4) is 0 Å². The molecule has 1 aromatic carbocycles. The van der Waals surface area contributed by atoms with Crippen molar-refractivity contribution in [3.63, 3.8) is 0 Å². The lowest BCUT2D eigenvalue weighted by Crippen LogP contribution is -2.47. The maximum atomic E-state index is 12.5. The van der Waals surface area contributed by atoms with Gasteiger partial charge in [0, 0.05) is 57.1 Å². The fourth-order valence-electron chi connectivity index (χ4n) is 3.22. The Kier molecular flexibility index (Phi) is 7.20. The first-order chi connectivity index (χ1) is 12.7. The average molecular weight is 374 g/mol. The van der Waals surface area contributed by atoms with Gasteiger partial charge in [-0.3, -0.25) is 9.69 Å². The zero-order chi connectivity index (χ0) is 18.2. The molecule has 1 aliphatic rings. The number of hydrogen-bond acceptors (Lipinski definition) is 5. The third-order valence-electron chi connectivity index (χ3n) is 4.66. The van der Waals surface area contributed by atoms with E-state index in [1.54, 1.807) is 11.3 Å². The van der Waals surface area contributed by atoms with Crippen LogP contribution in [0.4, 0.5) is 0 Å². The molecule has 0 spiro atoms. The van der Waals surface area contributed by atoms with Gasteiger partial charge in [0.2, 0.25) is 5.91 Å². The monoisotopic (exact) mass is 373 g/mol. The maximum absolute atomic E-state index is 12.5. The molecule has 0 radical (unpaired) electrons. The van der Waals surface area contributed by atoms with Gasteiger partial charge < -0.3 is 15.3 Å². The summed E-state index contributed by atoms with van der Waals surface area (Å²) in [5.74, 6) is 0.204. The fourth-order valence-corrected chi connectivity index (χ4v) is 3.92. The normalized spacial score (nSPS) is 16.0. The maximum Gasteiger partial charge on any atom is 0.223 e. The number of thiophene rings is 1. The second kappa shape index (κ2) is 9.83. The molecule has 6 heteroatoms. The Morgan fingerprint density at radius 2 is 1.96 bits per heavy atom. The van der Waals surface area contributed by atoms with Gasteiger partial charge >= 0.3 is 0 Å². The minimum Gasteiger partial charge on any atom is -0.386 e. The summed E-state index contributed by atoms with van der Waals surface area (Å²) < 4.78 is 0. The lowest BCUT2D eigenvalue weighted by atomic mass is 10.2. The number of nitrogens with one attached hydrogen (secondary N) is 1. The van der Waals surface area contributed by atoms with Gasteiger partial charge in [0.15, 0.2) is 0 Å². The Morgan fingerprint density at radius 3 is 2.65 bits per heavy atom. The summed E-state index contributed by atoms with van der Waals surface area (Å²) >= 11 is 1.57. The van der Waals surface area contributed by atoms with Gasteiger partial charge in [-0.05, 0) is 17.0 Å². The first kappa shape index (κ1) is 19.0. The van der Waals surface area contributed by atoms with E-state index in [2.05, 4.69) is 22.3 Å². The van der Waals surface area contributed by atoms with Crippen LogP contribution in [0.15, 0.2) is 47.8 Å². The van der Waals surface area contributed by atoms with Crippen molar-refractivity contribution in [2.45, 2.75) is 19.1 Å². The van der Waals surface area contributed by atoms with E-state index in [1.165, 1.54) is 5.56 Å². The predicted octanol–water partition coefficient (Wildman–Crippen LogP) is 2.11. The number of amides is 1. The number of aliphatic hydroxyl groups excluding tert-OH is 1. The average Bonchev–Trinajstić information content (AvgIpc) is 3.22. The molecule has 1 atom stereocenters. The highest BCUT2D eigenvalue weighted by Gasteiger charge is 2.19. The molecule has 1 amide bonds. The van der Waals surface area contributed by atoms with Gasteiger partial charge in [-0.2, -0.15) is 0 Å². The van der Waals surface area contributed by atoms with E-state index in [1.807, 2.05) is 40.6 Å². The van der Waals surface area contributed by atoms with E-state index < -0.39 is 6.10 Å². The number of carbonyl (C=O) groups excluding carboxylic acids is 1. The highest BCUT2D eigenvalue weighted by molar-refractivity contribution is 7.10. The quantitative estimate of drug-likeness (QED) is 0.744. The third kappa shape index (κ3) is 5.64. The highest BCUT2D eigenvalue weighted by Crippen LogP contribution is 2.21. The van der Waals surface area contributed by atoms with E-state index >= 15 is 0 Å². The van der Waals surface area contributed by atoms with Crippen LogP contribution in [0.5, 0.6) is 0 Å². The van der Waals surface area contributed by atoms with Crippen molar-refractivity contribution < 1.29 is 9.90 Å². The van der Waals surface area contributed by atoms with E-state index in [0.717, 1.165) is 37.6 Å². The number of benzene rings is 1. The molecule has 1 unspecified atom stereocenters. The van der Waals surface area contributed by atoms with Gasteiger partial charge in [0.25, 0.3) is 0 Å². The Morgan fingerprint density at radius 1 is 1.19 bits per heavy atom. The summed E-state index contributed by atoms with van der Waals surface area (Å²) in [7, 11) is 0. The lowest BCUT2D eigenvalue weighted by Gasteiger charge is -2.29. The van der Waals surface area contributed by atoms with E-state index in [-0.39, 0.29) is 5.91 Å². The molecular formula is C20H27N3O2S. The Hall–Kier alpha value is -1.73. The van der Waals surface area contributed by atoms with Crippen LogP contribution in [-0.4, -0.2) is 60.1 Å². The van der Waals surface area contributed by atoms with Gasteiger partial charge in [-0.1, -0.05) is 36.4 Å². The number of aliphatic hydroxyl groups is 1. The van der Waals surface area contributed by atoms with Gasteiger partial charge in [0.1, 0.15) is 6.10 Å². The van der Waals surface area contributed by atoms with Crippen LogP contribution in [0.1, 0.15) is 23.0 Å². The van der Waals surface area contributed by atoms with Gasteiger partial charge in [-0.25, -0.2) is 0 Å². The van der Waals surface area contributed by atoms with E-state index in [0.29, 0.717) is 19.5 Å². The van der Waals surface area contributed by atoms with Gasteiger partial charge in [0.05, 0.1) is 0 Å². The molecule has 0 aliphatic carbocycles. The van der Waals surface area contributed by atoms with Crippen LogP contribution >= 0.6 is 11.3 Å². The zero-order valence-electron chi connectivity index (χ0n) is 15.0. The smallest absolute Gasteiger partial charge is 0.223 e. The summed E-state index contributed by atoms with van der Waals surface area (Å²) in [5, 5.41) is 15.8. The SMILES string of the molecule is O=C(CCN(Cc1ccccc1)CC(O)c1cccs1)N1CCNCC1. The highest BCUT2D eigenvalue weighted by atomic mass is 32.1. The molecule has 0 bridgehead atoms. The topological polar surface area (TPSA) is 55.8 Å². The molecule has 3 rings (SSSR count). The van der Waals surface area contributed by atoms with Crippen molar-refractivity contribution >= 4 is 17.2 Å². The summed E-state index contributed by atoms with van der Waals surface area (Å²) in [4.78, 5) is 17.6. The van der Waals surface area contributed by atoms with Crippen molar-refractivity contribution in [1.29, 1.82) is 0 Å². The standard InChI is InChI=1S/C20H27N3O2S/c24-18(19-7-4-14-26-19)16-22(15-17-5-2-1-3-6-17)11-8-20(25)23-12-9-21-10-13-23/h1-7,14,18,21,24H,8-13,15-16H2. The Labute approximate surface area is 159 Å². The molecule has 1 aliphatic heterocycles. The third-order valence-corrected chi connectivity index (χ3v) is 5.64. The molecule has 140 valence electrons. The molecule has 1 saturated heterocycles. The van der Waals surface area contributed by atoms with Crippen LogP contribution in [0.2, 0.25) is 0 Å². The van der Waals surface area contributed by atoms with E-state index in [4.69, 9.17) is 0 Å². The number of piperazine rings is 1. The molecule has 5 nitrogen and oxygen atoms in total. The van der Waals surface area contributed by atoms with Crippen LogP contribution in [0.25, 0.3) is 0 Å². The molecule has 26 heavy (non-hydrogen) atoms. The predicted molar refractivity (Wildman–Crippen MR) is 105 cm³/mol. The first-order valence-corrected chi connectivity index (χ1v) is 10.1. The Bertz CT molecular complexity index is 657. The minimum absolute atomic E-state index is 0.204. The van der Waals surface area contributed by atoms with Gasteiger partial charge in [-0.15, -0.1) is 11.3 Å². The fraction of sp³-hybridized carbons (Fsp3) is 0.450. The minimum atomic E-state index is -0.520. The second-order valence-corrected chi connectivity index (χ2v) is 7.61. The van der Waals surface area contributed by atoms with Crippen molar-refractivity contribution in [2.75, 3.05) is 39.3 Å². The number of rotatable bonds is 8.